The Morgan fingerprint density at radius 3 is 2.40 bits per heavy atom. The van der Waals surface area contributed by atoms with Crippen LogP contribution in [-0.4, -0.2) is 23.7 Å². The number of hydrogen-bond acceptors (Lipinski definition) is 5. The summed E-state index contributed by atoms with van der Waals surface area (Å²) in [5.74, 6) is 1.10. The number of allylic oxidation sites excluding steroid dienone is 1. The first-order valence-corrected chi connectivity index (χ1v) is 13.6. The molecule has 0 amide bonds. The number of alkyl halides is 3. The molecule has 4 aromatic carbocycles. The van der Waals surface area contributed by atoms with Crippen LogP contribution in [0.4, 0.5) is 13.2 Å². The first-order valence-electron chi connectivity index (χ1n) is 13.6. The first kappa shape index (κ1) is 29.5. The Balaban J connectivity index is 1.46. The molecule has 0 N–H and O–H groups in total. The van der Waals surface area contributed by atoms with Crippen molar-refractivity contribution in [3.63, 3.8) is 0 Å². The van der Waals surface area contributed by atoms with Crippen LogP contribution in [0, 0.1) is 6.92 Å². The summed E-state index contributed by atoms with van der Waals surface area (Å²) in [5, 5.41) is 2.05. The van der Waals surface area contributed by atoms with Crippen molar-refractivity contribution in [2.45, 2.75) is 32.4 Å². The number of rotatable bonds is 10. The van der Waals surface area contributed by atoms with Gasteiger partial charge in [-0.25, -0.2) is 0 Å². The van der Waals surface area contributed by atoms with Gasteiger partial charge in [0.05, 0.1) is 18.2 Å². The van der Waals surface area contributed by atoms with E-state index < -0.39 is 11.7 Å². The lowest BCUT2D eigenvalue weighted by atomic mass is 9.94. The van der Waals surface area contributed by atoms with E-state index in [4.69, 9.17) is 9.47 Å². The fourth-order valence-corrected chi connectivity index (χ4v) is 5.15. The molecule has 8 heteroatoms. The Hall–Kier alpha value is -4.98. The van der Waals surface area contributed by atoms with Gasteiger partial charge in [0.1, 0.15) is 17.2 Å². The normalized spacial score (nSPS) is 11.5. The number of pyridine rings is 1. The molecule has 0 fully saturated rings. The molecule has 0 aliphatic rings. The number of carbonyl (C=O) groups excluding carboxylic acids is 2. The monoisotopic (exact) mass is 583 g/mol. The van der Waals surface area contributed by atoms with Gasteiger partial charge in [-0.3, -0.25) is 14.6 Å². The average molecular weight is 584 g/mol. The van der Waals surface area contributed by atoms with Gasteiger partial charge in [0.2, 0.25) is 0 Å². The summed E-state index contributed by atoms with van der Waals surface area (Å²) in [6.07, 6.45) is -2.25. The Bertz CT molecular complexity index is 1880. The number of aromatic nitrogens is 1. The number of ether oxygens (including phenoxy) is 2. The summed E-state index contributed by atoms with van der Waals surface area (Å²) >= 11 is 0. The summed E-state index contributed by atoms with van der Waals surface area (Å²) in [7, 11) is 1.60. The zero-order chi connectivity index (χ0) is 30.7. The van der Waals surface area contributed by atoms with E-state index in [-0.39, 0.29) is 42.0 Å². The SMILES string of the molecule is C=CC(=O)CCc1ccc(CC(=O)c2cccc3c(Oc4ccnc5cc(C)c(OC)cc45)cccc23)cc1C(F)(F)F. The lowest BCUT2D eigenvalue weighted by molar-refractivity contribution is -0.138. The molecule has 0 spiro atoms. The van der Waals surface area contributed by atoms with Gasteiger partial charge in [-0.2, -0.15) is 13.2 Å². The minimum absolute atomic E-state index is 0.00210. The number of fused-ring (bicyclic) bond motifs is 2. The van der Waals surface area contributed by atoms with E-state index in [0.717, 1.165) is 28.6 Å². The number of Topliss-reactive ketones (excluding diaryl/α,β-unsaturated/α-hetero) is 1. The maximum atomic E-state index is 13.9. The number of aryl methyl sites for hydroxylation is 2. The summed E-state index contributed by atoms with van der Waals surface area (Å²) in [5.41, 5.74) is 1.43. The van der Waals surface area contributed by atoms with Crippen LogP contribution in [0.15, 0.2) is 91.6 Å². The lowest BCUT2D eigenvalue weighted by Crippen LogP contribution is -2.12. The largest absolute Gasteiger partial charge is 0.496 e. The molecule has 0 aliphatic carbocycles. The molecule has 0 radical (unpaired) electrons. The standard InChI is InChI=1S/C35H28F3NO4/c1-4-24(40)14-13-23-12-11-22(18-29(23)35(36,37)38)19-31(41)26-8-5-9-27-25(26)7-6-10-32(27)43-33-15-16-39-30-17-21(2)34(42-3)20-28(30)33/h4-12,15-18,20H,1,13-14,19H2,2-3H3. The predicted octanol–water partition coefficient (Wildman–Crippen LogP) is 8.63. The molecule has 5 aromatic rings. The van der Waals surface area contributed by atoms with E-state index in [2.05, 4.69) is 11.6 Å². The average Bonchev–Trinajstić information content (AvgIpc) is 2.99. The van der Waals surface area contributed by atoms with E-state index in [1.165, 1.54) is 12.1 Å². The second-order valence-electron chi connectivity index (χ2n) is 10.2. The third-order valence-electron chi connectivity index (χ3n) is 7.33. The van der Waals surface area contributed by atoms with Gasteiger partial charge in [-0.15, -0.1) is 0 Å². The molecule has 0 bridgehead atoms. The van der Waals surface area contributed by atoms with Crippen molar-refractivity contribution >= 4 is 33.2 Å². The number of halogens is 3. The zero-order valence-corrected chi connectivity index (χ0v) is 23.6. The highest BCUT2D eigenvalue weighted by molar-refractivity contribution is 6.10. The van der Waals surface area contributed by atoms with Crippen LogP contribution in [0.3, 0.4) is 0 Å². The fourth-order valence-electron chi connectivity index (χ4n) is 5.15. The predicted molar refractivity (Wildman–Crippen MR) is 160 cm³/mol. The Morgan fingerprint density at radius 2 is 1.65 bits per heavy atom. The summed E-state index contributed by atoms with van der Waals surface area (Å²) < 4.78 is 53.4. The maximum absolute atomic E-state index is 13.9. The van der Waals surface area contributed by atoms with Crippen molar-refractivity contribution in [3.8, 4) is 17.2 Å². The third-order valence-corrected chi connectivity index (χ3v) is 7.33. The number of carbonyl (C=O) groups is 2. The van der Waals surface area contributed by atoms with E-state index in [0.29, 0.717) is 33.6 Å². The molecule has 218 valence electrons. The summed E-state index contributed by atoms with van der Waals surface area (Å²) in [6, 6.07) is 19.9. The molecule has 0 atom stereocenters. The molecule has 0 saturated carbocycles. The van der Waals surface area contributed by atoms with Crippen LogP contribution in [-0.2, 0) is 23.8 Å². The van der Waals surface area contributed by atoms with Gasteiger partial charge in [0.25, 0.3) is 0 Å². The van der Waals surface area contributed by atoms with Crippen molar-refractivity contribution in [1.29, 1.82) is 0 Å². The van der Waals surface area contributed by atoms with Crippen molar-refractivity contribution in [2.24, 2.45) is 0 Å². The lowest BCUT2D eigenvalue weighted by Gasteiger charge is -2.15. The maximum Gasteiger partial charge on any atom is 0.416 e. The molecule has 0 unspecified atom stereocenters. The fraction of sp³-hybridized carbons (Fsp3) is 0.171. The number of nitrogens with zero attached hydrogens (tertiary/aromatic N) is 1. The van der Waals surface area contributed by atoms with Crippen molar-refractivity contribution in [2.75, 3.05) is 7.11 Å². The van der Waals surface area contributed by atoms with Crippen LogP contribution in [0.1, 0.15) is 39.0 Å². The van der Waals surface area contributed by atoms with Gasteiger partial charge in [-0.05, 0) is 71.8 Å². The van der Waals surface area contributed by atoms with E-state index in [9.17, 15) is 22.8 Å². The highest BCUT2D eigenvalue weighted by Gasteiger charge is 2.33. The zero-order valence-electron chi connectivity index (χ0n) is 23.6. The van der Waals surface area contributed by atoms with Gasteiger partial charge in [0.15, 0.2) is 11.6 Å². The number of methoxy groups -OCH3 is 1. The Morgan fingerprint density at radius 1 is 0.907 bits per heavy atom. The molecular formula is C35H28F3NO4. The topological polar surface area (TPSA) is 65.5 Å². The van der Waals surface area contributed by atoms with Crippen molar-refractivity contribution in [1.82, 2.24) is 4.98 Å². The minimum atomic E-state index is -4.63. The molecule has 1 aromatic heterocycles. The van der Waals surface area contributed by atoms with Crippen molar-refractivity contribution in [3.05, 3.63) is 119 Å². The highest BCUT2D eigenvalue weighted by Crippen LogP contribution is 2.37. The van der Waals surface area contributed by atoms with Gasteiger partial charge in [-0.1, -0.05) is 49.0 Å². The highest BCUT2D eigenvalue weighted by atomic mass is 19.4. The summed E-state index contributed by atoms with van der Waals surface area (Å²) in [6.45, 7) is 5.30. The van der Waals surface area contributed by atoms with Crippen LogP contribution in [0.2, 0.25) is 0 Å². The first-order chi connectivity index (χ1) is 20.6. The number of ketones is 2. The smallest absolute Gasteiger partial charge is 0.416 e. The second kappa shape index (κ2) is 12.1. The van der Waals surface area contributed by atoms with E-state index >= 15 is 0 Å². The minimum Gasteiger partial charge on any atom is -0.496 e. The van der Waals surface area contributed by atoms with Gasteiger partial charge in [0, 0.05) is 35.4 Å². The molecule has 5 rings (SSSR count). The van der Waals surface area contributed by atoms with E-state index in [1.807, 2.05) is 25.1 Å². The third kappa shape index (κ3) is 6.28. The van der Waals surface area contributed by atoms with Crippen molar-refractivity contribution < 1.29 is 32.2 Å². The second-order valence-corrected chi connectivity index (χ2v) is 10.2. The quantitative estimate of drug-likeness (QED) is 0.122. The van der Waals surface area contributed by atoms with Crippen LogP contribution >= 0.6 is 0 Å². The molecule has 0 aliphatic heterocycles. The molecule has 1 heterocycles. The Labute approximate surface area is 246 Å². The van der Waals surface area contributed by atoms with E-state index in [1.54, 1.807) is 49.7 Å². The molecule has 0 saturated heterocycles. The van der Waals surface area contributed by atoms with Crippen LogP contribution < -0.4 is 9.47 Å². The van der Waals surface area contributed by atoms with Gasteiger partial charge >= 0.3 is 6.18 Å². The number of hydrogen-bond donors (Lipinski definition) is 0. The van der Waals surface area contributed by atoms with Gasteiger partial charge < -0.3 is 9.47 Å². The number of benzene rings is 4. The Kier molecular flexibility index (Phi) is 8.30. The summed E-state index contributed by atoms with van der Waals surface area (Å²) in [4.78, 5) is 29.5. The molecular weight excluding hydrogens is 555 g/mol. The van der Waals surface area contributed by atoms with Crippen LogP contribution in [0.5, 0.6) is 17.2 Å². The van der Waals surface area contributed by atoms with Crippen LogP contribution in [0.25, 0.3) is 21.7 Å². The molecule has 5 nitrogen and oxygen atoms in total. The molecule has 43 heavy (non-hydrogen) atoms.